The van der Waals surface area contributed by atoms with Gasteiger partial charge in [-0.05, 0) is 47.0 Å². The summed E-state index contributed by atoms with van der Waals surface area (Å²) in [4.78, 5) is 25.8. The molecule has 2 atom stereocenters. The van der Waals surface area contributed by atoms with Crippen LogP contribution in [0.15, 0.2) is 55.1 Å². The standard InChI is InChI=1S/C26H18Cl4F2N2O2/c1-2-12-3-4-13(9-18(12)28)21-22(26(21,29)30)25(36)34-15-6-7-17(27)16(11-15)20(35)10-14-5-8-19(31)24(33)23(14)32/h2-9,11,21-22H,1,10,33H2,(H,34,36). The normalized spacial score (nSPS) is 17.9. The molecule has 1 aliphatic rings. The van der Waals surface area contributed by atoms with Crippen LogP contribution in [0.4, 0.5) is 20.2 Å². The lowest BCUT2D eigenvalue weighted by Crippen LogP contribution is -2.17. The molecule has 1 aliphatic carbocycles. The molecular weight excluding hydrogens is 552 g/mol. The molecular formula is C26H18Cl4F2N2O2. The van der Waals surface area contributed by atoms with Crippen LogP contribution < -0.4 is 11.1 Å². The highest BCUT2D eigenvalue weighted by atomic mass is 35.5. The summed E-state index contributed by atoms with van der Waals surface area (Å²) in [7, 11) is 0. The van der Waals surface area contributed by atoms with Crippen LogP contribution in [0, 0.1) is 17.6 Å². The number of hydrogen-bond acceptors (Lipinski definition) is 3. The Hall–Kier alpha value is -2.64. The first-order chi connectivity index (χ1) is 16.9. The van der Waals surface area contributed by atoms with Crippen molar-refractivity contribution >= 4 is 75.5 Å². The van der Waals surface area contributed by atoms with Crippen molar-refractivity contribution in [3.8, 4) is 0 Å². The number of benzene rings is 3. The topological polar surface area (TPSA) is 72.2 Å². The second-order valence-electron chi connectivity index (χ2n) is 8.33. The molecule has 3 aromatic rings. The van der Waals surface area contributed by atoms with Crippen molar-refractivity contribution in [1.29, 1.82) is 0 Å². The van der Waals surface area contributed by atoms with E-state index in [1.807, 2.05) is 0 Å². The van der Waals surface area contributed by atoms with E-state index in [1.54, 1.807) is 24.3 Å². The Bertz CT molecular complexity index is 1410. The van der Waals surface area contributed by atoms with Crippen LogP contribution >= 0.6 is 46.4 Å². The molecule has 0 radical (unpaired) electrons. The third-order valence-corrected chi connectivity index (χ3v) is 7.63. The summed E-state index contributed by atoms with van der Waals surface area (Å²) < 4.78 is 26.3. The van der Waals surface area contributed by atoms with Gasteiger partial charge in [0, 0.05) is 28.6 Å². The first-order valence-electron chi connectivity index (χ1n) is 10.6. The Morgan fingerprint density at radius 2 is 1.78 bits per heavy atom. The highest BCUT2D eigenvalue weighted by Gasteiger charge is 2.67. The molecule has 1 saturated carbocycles. The van der Waals surface area contributed by atoms with E-state index in [0.717, 1.165) is 17.7 Å². The van der Waals surface area contributed by atoms with E-state index in [0.29, 0.717) is 10.6 Å². The van der Waals surface area contributed by atoms with Crippen molar-refractivity contribution in [3.05, 3.63) is 99.0 Å². The minimum Gasteiger partial charge on any atom is -0.394 e. The van der Waals surface area contributed by atoms with Gasteiger partial charge in [0.1, 0.15) is 15.8 Å². The lowest BCUT2D eigenvalue weighted by Gasteiger charge is -2.10. The zero-order valence-corrected chi connectivity index (χ0v) is 21.5. The maximum absolute atomic E-state index is 14.3. The van der Waals surface area contributed by atoms with Crippen LogP contribution in [0.1, 0.15) is 33.0 Å². The summed E-state index contributed by atoms with van der Waals surface area (Å²) in [6, 6.07) is 11.6. The molecule has 0 bridgehead atoms. The lowest BCUT2D eigenvalue weighted by molar-refractivity contribution is -0.117. The van der Waals surface area contributed by atoms with Gasteiger partial charge >= 0.3 is 0 Å². The SMILES string of the molecule is C=Cc1ccc(C2C(C(=O)Nc3ccc(Cl)c(C(=O)Cc4ccc(F)c(N)c4F)c3)C2(Cl)Cl)cc1Cl. The van der Waals surface area contributed by atoms with Gasteiger partial charge in [-0.1, -0.05) is 54.1 Å². The van der Waals surface area contributed by atoms with Crippen LogP contribution in [0.3, 0.4) is 0 Å². The fourth-order valence-electron chi connectivity index (χ4n) is 4.03. The van der Waals surface area contributed by atoms with E-state index in [2.05, 4.69) is 11.9 Å². The Balaban J connectivity index is 1.52. The fraction of sp³-hybridized carbons (Fsp3) is 0.154. The summed E-state index contributed by atoms with van der Waals surface area (Å²) in [5, 5.41) is 3.25. The summed E-state index contributed by atoms with van der Waals surface area (Å²) in [5.41, 5.74) is 6.36. The van der Waals surface area contributed by atoms with Crippen LogP contribution in [-0.4, -0.2) is 16.0 Å². The Morgan fingerprint density at radius 1 is 1.06 bits per heavy atom. The predicted octanol–water partition coefficient (Wildman–Crippen LogP) is 7.45. The summed E-state index contributed by atoms with van der Waals surface area (Å²) in [6.07, 6.45) is 1.20. The minimum absolute atomic E-state index is 0.0407. The van der Waals surface area contributed by atoms with E-state index in [4.69, 9.17) is 52.1 Å². The molecule has 0 aromatic heterocycles. The van der Waals surface area contributed by atoms with Gasteiger partial charge in [0.2, 0.25) is 5.91 Å². The average molecular weight is 570 g/mol. The average Bonchev–Trinajstić information content (AvgIpc) is 3.42. The van der Waals surface area contributed by atoms with Crippen LogP contribution in [-0.2, 0) is 11.2 Å². The van der Waals surface area contributed by atoms with Crippen molar-refractivity contribution < 1.29 is 18.4 Å². The lowest BCUT2D eigenvalue weighted by atomic mass is 10.0. The number of alkyl halides is 2. The quantitative estimate of drug-likeness (QED) is 0.176. The highest BCUT2D eigenvalue weighted by Crippen LogP contribution is 2.65. The molecule has 3 aromatic carbocycles. The Morgan fingerprint density at radius 3 is 2.44 bits per heavy atom. The number of nitrogens with two attached hydrogens (primary N) is 1. The van der Waals surface area contributed by atoms with Gasteiger partial charge in [0.15, 0.2) is 11.6 Å². The molecule has 4 rings (SSSR count). The molecule has 1 amide bonds. The minimum atomic E-state index is -1.35. The number of anilines is 2. The van der Waals surface area contributed by atoms with Crippen molar-refractivity contribution in [2.45, 2.75) is 16.7 Å². The number of Topliss-reactive ketones (excluding diaryl/α,β-unsaturated/α-hetero) is 1. The third-order valence-electron chi connectivity index (χ3n) is 6.03. The van der Waals surface area contributed by atoms with E-state index in [9.17, 15) is 18.4 Å². The smallest absolute Gasteiger partial charge is 0.231 e. The molecule has 0 saturated heterocycles. The summed E-state index contributed by atoms with van der Waals surface area (Å²) >= 11 is 25.3. The molecule has 0 aliphatic heterocycles. The van der Waals surface area contributed by atoms with Crippen LogP contribution in [0.25, 0.3) is 6.08 Å². The molecule has 186 valence electrons. The summed E-state index contributed by atoms with van der Waals surface area (Å²) in [5.74, 6) is -4.22. The van der Waals surface area contributed by atoms with Gasteiger partial charge in [-0.25, -0.2) is 8.78 Å². The maximum Gasteiger partial charge on any atom is 0.231 e. The highest BCUT2D eigenvalue weighted by molar-refractivity contribution is 6.53. The number of hydrogen-bond donors (Lipinski definition) is 2. The van der Waals surface area contributed by atoms with Crippen molar-refractivity contribution in [1.82, 2.24) is 0 Å². The molecule has 3 N–H and O–H groups in total. The Kier molecular flexibility index (Phi) is 7.35. The predicted molar refractivity (Wildman–Crippen MR) is 141 cm³/mol. The molecule has 10 heteroatoms. The zero-order valence-electron chi connectivity index (χ0n) is 18.4. The number of halogens is 6. The molecule has 1 fully saturated rings. The number of ketones is 1. The maximum atomic E-state index is 14.3. The number of carbonyl (C=O) groups excluding carboxylic acids is 2. The molecule has 2 unspecified atom stereocenters. The van der Waals surface area contributed by atoms with E-state index >= 15 is 0 Å². The van der Waals surface area contributed by atoms with E-state index in [-0.39, 0.29) is 21.8 Å². The number of carbonyl (C=O) groups is 2. The second kappa shape index (κ2) is 10.0. The molecule has 36 heavy (non-hydrogen) atoms. The molecule has 0 heterocycles. The summed E-state index contributed by atoms with van der Waals surface area (Å²) in [6.45, 7) is 3.69. The van der Waals surface area contributed by atoms with E-state index < -0.39 is 51.6 Å². The molecule has 4 nitrogen and oxygen atoms in total. The van der Waals surface area contributed by atoms with Crippen molar-refractivity contribution in [2.75, 3.05) is 11.1 Å². The Labute approximate surface area is 226 Å². The number of amides is 1. The second-order valence-corrected chi connectivity index (χ2v) is 10.6. The first kappa shape index (κ1) is 26.4. The number of rotatable bonds is 7. The van der Waals surface area contributed by atoms with Crippen molar-refractivity contribution in [2.24, 2.45) is 5.92 Å². The van der Waals surface area contributed by atoms with Gasteiger partial charge < -0.3 is 11.1 Å². The monoisotopic (exact) mass is 568 g/mol. The van der Waals surface area contributed by atoms with Crippen LogP contribution in [0.2, 0.25) is 10.0 Å². The van der Waals surface area contributed by atoms with Gasteiger partial charge in [-0.3, -0.25) is 9.59 Å². The van der Waals surface area contributed by atoms with Crippen LogP contribution in [0.5, 0.6) is 0 Å². The third kappa shape index (κ3) is 4.96. The fourth-order valence-corrected chi connectivity index (χ4v) is 5.34. The van der Waals surface area contributed by atoms with Gasteiger partial charge in [-0.15, -0.1) is 23.2 Å². The zero-order chi connectivity index (χ0) is 26.4. The first-order valence-corrected chi connectivity index (χ1v) is 12.1. The number of nitrogen functional groups attached to an aromatic ring is 1. The van der Waals surface area contributed by atoms with E-state index in [1.165, 1.54) is 18.2 Å². The van der Waals surface area contributed by atoms with Gasteiger partial charge in [-0.2, -0.15) is 0 Å². The molecule has 0 spiro atoms. The number of nitrogens with one attached hydrogen (secondary N) is 1. The largest absolute Gasteiger partial charge is 0.394 e. The van der Waals surface area contributed by atoms with Gasteiger partial charge in [0.25, 0.3) is 0 Å². The van der Waals surface area contributed by atoms with Crippen molar-refractivity contribution in [3.63, 3.8) is 0 Å². The van der Waals surface area contributed by atoms with Gasteiger partial charge in [0.05, 0.1) is 10.9 Å².